The smallest absolute Gasteiger partial charge is 0.129 e. The normalized spacial score (nSPS) is 20.2. The first kappa shape index (κ1) is 12.3. The second kappa shape index (κ2) is 6.55. The summed E-state index contributed by atoms with van der Waals surface area (Å²) in [5.74, 6) is 1.56. The number of ether oxygens (including phenoxy) is 1. The average Bonchev–Trinajstić information content (AvgIpc) is 2.39. The molecule has 1 aromatic rings. The fourth-order valence-corrected chi connectivity index (χ4v) is 2.10. The van der Waals surface area contributed by atoms with Crippen molar-refractivity contribution in [3.8, 4) is 0 Å². The van der Waals surface area contributed by atoms with Crippen LogP contribution in [0.1, 0.15) is 31.9 Å². The van der Waals surface area contributed by atoms with Crippen molar-refractivity contribution in [3.63, 3.8) is 0 Å². The largest absolute Gasteiger partial charge is 0.381 e. The standard InChI is InChI=1S/C13H21N3O/c1-2-4-12-7-13(16-10-15-12)14-8-11-5-3-6-17-9-11/h7,10-11H,2-6,8-9H2,1H3,(H,14,15,16). The van der Waals surface area contributed by atoms with Crippen molar-refractivity contribution in [2.75, 3.05) is 25.1 Å². The highest BCUT2D eigenvalue weighted by atomic mass is 16.5. The van der Waals surface area contributed by atoms with Crippen molar-refractivity contribution in [2.24, 2.45) is 5.92 Å². The van der Waals surface area contributed by atoms with Crippen LogP contribution in [-0.2, 0) is 11.2 Å². The van der Waals surface area contributed by atoms with E-state index in [-0.39, 0.29) is 0 Å². The van der Waals surface area contributed by atoms with Crippen molar-refractivity contribution < 1.29 is 4.74 Å². The molecule has 2 heterocycles. The number of nitrogens with zero attached hydrogens (tertiary/aromatic N) is 2. The summed E-state index contributed by atoms with van der Waals surface area (Å²) in [5.41, 5.74) is 1.12. The van der Waals surface area contributed by atoms with Crippen molar-refractivity contribution in [1.82, 2.24) is 9.97 Å². The maximum Gasteiger partial charge on any atom is 0.129 e. The first-order valence-electron chi connectivity index (χ1n) is 6.51. The number of aryl methyl sites for hydroxylation is 1. The van der Waals surface area contributed by atoms with Crippen LogP contribution in [-0.4, -0.2) is 29.7 Å². The van der Waals surface area contributed by atoms with Gasteiger partial charge in [-0.1, -0.05) is 13.3 Å². The summed E-state index contributed by atoms with van der Waals surface area (Å²) >= 11 is 0. The molecule has 1 unspecified atom stereocenters. The summed E-state index contributed by atoms with van der Waals surface area (Å²) in [6.07, 6.45) is 6.21. The Morgan fingerprint density at radius 3 is 3.18 bits per heavy atom. The lowest BCUT2D eigenvalue weighted by molar-refractivity contribution is 0.0595. The third kappa shape index (κ3) is 3.97. The number of rotatable bonds is 5. The molecule has 1 fully saturated rings. The first-order chi connectivity index (χ1) is 8.38. The number of anilines is 1. The molecule has 2 rings (SSSR count). The Bertz CT molecular complexity index is 337. The van der Waals surface area contributed by atoms with Gasteiger partial charge in [-0.25, -0.2) is 9.97 Å². The zero-order valence-electron chi connectivity index (χ0n) is 10.5. The molecule has 1 aliphatic rings. The minimum atomic E-state index is 0.619. The van der Waals surface area contributed by atoms with E-state index in [9.17, 15) is 0 Å². The Morgan fingerprint density at radius 2 is 2.41 bits per heavy atom. The van der Waals surface area contributed by atoms with Crippen LogP contribution >= 0.6 is 0 Å². The van der Waals surface area contributed by atoms with Crippen LogP contribution in [0.2, 0.25) is 0 Å². The maximum absolute atomic E-state index is 5.46. The van der Waals surface area contributed by atoms with Gasteiger partial charge in [0.2, 0.25) is 0 Å². The lowest BCUT2D eigenvalue weighted by Crippen LogP contribution is -2.24. The van der Waals surface area contributed by atoms with Crippen molar-refractivity contribution in [1.29, 1.82) is 0 Å². The van der Waals surface area contributed by atoms with Crippen LogP contribution < -0.4 is 5.32 Å². The molecule has 0 radical (unpaired) electrons. The summed E-state index contributed by atoms with van der Waals surface area (Å²) < 4.78 is 5.46. The van der Waals surface area contributed by atoms with Gasteiger partial charge in [-0.05, 0) is 25.2 Å². The summed E-state index contributed by atoms with van der Waals surface area (Å²) in [6, 6.07) is 2.05. The van der Waals surface area contributed by atoms with Gasteiger partial charge in [-0.3, -0.25) is 0 Å². The zero-order chi connectivity index (χ0) is 11.9. The first-order valence-corrected chi connectivity index (χ1v) is 6.51. The van der Waals surface area contributed by atoms with Gasteiger partial charge in [-0.2, -0.15) is 0 Å². The van der Waals surface area contributed by atoms with Crippen LogP contribution in [0.4, 0.5) is 5.82 Å². The van der Waals surface area contributed by atoms with E-state index in [1.54, 1.807) is 6.33 Å². The van der Waals surface area contributed by atoms with Crippen LogP contribution in [0.25, 0.3) is 0 Å². The second-order valence-corrected chi connectivity index (χ2v) is 4.61. The summed E-state index contributed by atoms with van der Waals surface area (Å²) in [6.45, 7) is 4.90. The van der Waals surface area contributed by atoms with Crippen LogP contribution in [0, 0.1) is 5.92 Å². The van der Waals surface area contributed by atoms with E-state index in [4.69, 9.17) is 4.74 Å². The quantitative estimate of drug-likeness (QED) is 0.850. The van der Waals surface area contributed by atoms with Crippen LogP contribution in [0.3, 0.4) is 0 Å². The summed E-state index contributed by atoms with van der Waals surface area (Å²) in [4.78, 5) is 8.49. The third-order valence-corrected chi connectivity index (χ3v) is 3.06. The summed E-state index contributed by atoms with van der Waals surface area (Å²) in [5, 5.41) is 3.38. The minimum Gasteiger partial charge on any atom is -0.381 e. The second-order valence-electron chi connectivity index (χ2n) is 4.61. The lowest BCUT2D eigenvalue weighted by Gasteiger charge is -2.22. The van der Waals surface area contributed by atoms with E-state index < -0.39 is 0 Å². The number of aromatic nitrogens is 2. The van der Waals surface area contributed by atoms with E-state index in [0.717, 1.165) is 44.1 Å². The van der Waals surface area contributed by atoms with E-state index in [0.29, 0.717) is 5.92 Å². The van der Waals surface area contributed by atoms with Crippen molar-refractivity contribution in [3.05, 3.63) is 18.1 Å². The topological polar surface area (TPSA) is 47.0 Å². The molecule has 0 amide bonds. The number of hydrogen-bond donors (Lipinski definition) is 1. The van der Waals surface area contributed by atoms with Gasteiger partial charge >= 0.3 is 0 Å². The zero-order valence-corrected chi connectivity index (χ0v) is 10.5. The molecule has 0 spiro atoms. The van der Waals surface area contributed by atoms with E-state index in [1.807, 2.05) is 6.07 Å². The molecule has 1 saturated heterocycles. The van der Waals surface area contributed by atoms with Gasteiger partial charge in [0, 0.05) is 24.9 Å². The molecular weight excluding hydrogens is 214 g/mol. The predicted octanol–water partition coefficient (Wildman–Crippen LogP) is 2.27. The maximum atomic E-state index is 5.46. The van der Waals surface area contributed by atoms with E-state index in [2.05, 4.69) is 22.2 Å². The molecule has 0 bridgehead atoms. The molecular formula is C13H21N3O. The Labute approximate surface area is 103 Å². The fourth-order valence-electron chi connectivity index (χ4n) is 2.10. The molecule has 4 nitrogen and oxygen atoms in total. The number of hydrogen-bond acceptors (Lipinski definition) is 4. The SMILES string of the molecule is CCCc1cc(NCC2CCCOC2)ncn1. The Balaban J connectivity index is 1.83. The third-order valence-electron chi connectivity index (χ3n) is 3.06. The monoisotopic (exact) mass is 235 g/mol. The van der Waals surface area contributed by atoms with Crippen LogP contribution in [0.5, 0.6) is 0 Å². The molecule has 0 saturated carbocycles. The Morgan fingerprint density at radius 1 is 1.47 bits per heavy atom. The Hall–Kier alpha value is -1.16. The van der Waals surface area contributed by atoms with E-state index >= 15 is 0 Å². The Kier molecular flexibility index (Phi) is 4.74. The molecule has 4 heteroatoms. The van der Waals surface area contributed by atoms with Gasteiger partial charge in [-0.15, -0.1) is 0 Å². The minimum absolute atomic E-state index is 0.619. The molecule has 17 heavy (non-hydrogen) atoms. The number of nitrogens with one attached hydrogen (secondary N) is 1. The van der Waals surface area contributed by atoms with Crippen molar-refractivity contribution in [2.45, 2.75) is 32.6 Å². The molecule has 1 atom stereocenters. The molecule has 1 aliphatic heterocycles. The van der Waals surface area contributed by atoms with Gasteiger partial charge in [0.1, 0.15) is 12.1 Å². The fraction of sp³-hybridized carbons (Fsp3) is 0.692. The molecule has 0 aliphatic carbocycles. The average molecular weight is 235 g/mol. The van der Waals surface area contributed by atoms with Gasteiger partial charge in [0.05, 0.1) is 6.61 Å². The van der Waals surface area contributed by atoms with Gasteiger partial charge in [0.25, 0.3) is 0 Å². The molecule has 1 aromatic heterocycles. The predicted molar refractivity (Wildman–Crippen MR) is 68.1 cm³/mol. The van der Waals surface area contributed by atoms with Gasteiger partial charge < -0.3 is 10.1 Å². The highest BCUT2D eigenvalue weighted by Crippen LogP contribution is 2.14. The lowest BCUT2D eigenvalue weighted by atomic mass is 10.0. The highest BCUT2D eigenvalue weighted by molar-refractivity contribution is 5.34. The molecule has 1 N–H and O–H groups in total. The van der Waals surface area contributed by atoms with Crippen molar-refractivity contribution >= 4 is 5.82 Å². The van der Waals surface area contributed by atoms with Crippen LogP contribution in [0.15, 0.2) is 12.4 Å². The van der Waals surface area contributed by atoms with Gasteiger partial charge in [0.15, 0.2) is 0 Å². The summed E-state index contributed by atoms with van der Waals surface area (Å²) in [7, 11) is 0. The molecule has 94 valence electrons. The van der Waals surface area contributed by atoms with E-state index in [1.165, 1.54) is 12.8 Å². The highest BCUT2D eigenvalue weighted by Gasteiger charge is 2.13. The molecule has 0 aromatic carbocycles.